The summed E-state index contributed by atoms with van der Waals surface area (Å²) in [4.78, 5) is 15.2. The Morgan fingerprint density at radius 1 is 1.85 bits per heavy atom. The van der Waals surface area contributed by atoms with E-state index in [2.05, 4.69) is 22.9 Å². The summed E-state index contributed by atoms with van der Waals surface area (Å²) in [6.45, 7) is 0.984. The van der Waals surface area contributed by atoms with Crippen LogP contribution in [0.2, 0.25) is 0 Å². The second-order valence-electron chi connectivity index (χ2n) is 2.25. The van der Waals surface area contributed by atoms with E-state index in [0.29, 0.717) is 23.1 Å². The lowest BCUT2D eigenvalue weighted by Gasteiger charge is -2.01. The zero-order valence-electron chi connectivity index (χ0n) is 7.11. The van der Waals surface area contributed by atoms with E-state index < -0.39 is 0 Å². The van der Waals surface area contributed by atoms with E-state index in [1.807, 2.05) is 0 Å². The highest BCUT2D eigenvalue weighted by molar-refractivity contribution is 7.82. The highest BCUT2D eigenvalue weighted by Gasteiger charge is 2.10. The molecule has 1 N–H and O–H groups in total. The van der Waals surface area contributed by atoms with E-state index in [0.717, 1.165) is 0 Å². The van der Waals surface area contributed by atoms with E-state index in [9.17, 15) is 4.79 Å². The highest BCUT2D eigenvalue weighted by Crippen LogP contribution is 2.16. The summed E-state index contributed by atoms with van der Waals surface area (Å²) in [5.74, 6) is -0.205. The maximum Gasteiger partial charge on any atom is 0.272 e. The van der Waals surface area contributed by atoms with Crippen molar-refractivity contribution < 1.29 is 9.53 Å². The second-order valence-corrected chi connectivity index (χ2v) is 3.86. The third-order valence-corrected chi connectivity index (χ3v) is 2.51. The number of methoxy groups -OCH3 is 1. The number of carbonyl (C=O) groups excluding carboxylic acids is 1. The molecule has 72 valence electrons. The first kappa shape index (κ1) is 10.5. The fraction of sp³-hybridized carbons (Fsp3) is 0.429. The fourth-order valence-electron chi connectivity index (χ4n) is 0.746. The summed E-state index contributed by atoms with van der Waals surface area (Å²) < 4.78 is 5.42. The van der Waals surface area contributed by atoms with Gasteiger partial charge in [-0.1, -0.05) is 0 Å². The zero-order chi connectivity index (χ0) is 9.68. The van der Waals surface area contributed by atoms with Crippen LogP contribution in [-0.4, -0.2) is 31.2 Å². The van der Waals surface area contributed by atoms with Gasteiger partial charge in [-0.2, -0.15) is 0 Å². The van der Waals surface area contributed by atoms with Crippen LogP contribution in [0.5, 0.6) is 0 Å². The molecule has 0 aliphatic rings. The van der Waals surface area contributed by atoms with Crippen molar-refractivity contribution in [2.45, 2.75) is 4.21 Å². The molecule has 0 spiro atoms. The Bertz CT molecular complexity index is 288. The van der Waals surface area contributed by atoms with Crippen LogP contribution >= 0.6 is 24.0 Å². The summed E-state index contributed by atoms with van der Waals surface area (Å²) in [6, 6.07) is 0. The van der Waals surface area contributed by atoms with Crippen LogP contribution in [-0.2, 0) is 4.74 Å². The summed E-state index contributed by atoms with van der Waals surface area (Å²) in [7, 11) is 1.58. The Morgan fingerprint density at radius 2 is 2.62 bits per heavy atom. The second kappa shape index (κ2) is 5.21. The quantitative estimate of drug-likeness (QED) is 0.581. The maximum absolute atomic E-state index is 11.3. The van der Waals surface area contributed by atoms with Crippen LogP contribution in [0.25, 0.3) is 0 Å². The molecule has 0 bridgehead atoms. The number of ether oxygens (including phenoxy) is 1. The van der Waals surface area contributed by atoms with E-state index in [-0.39, 0.29) is 5.91 Å². The van der Waals surface area contributed by atoms with Gasteiger partial charge in [0, 0.05) is 13.7 Å². The summed E-state index contributed by atoms with van der Waals surface area (Å²) in [6.07, 6.45) is 0. The van der Waals surface area contributed by atoms with E-state index in [4.69, 9.17) is 4.74 Å². The molecule has 0 aromatic carbocycles. The number of nitrogens with one attached hydrogen (secondary N) is 1. The number of thiazole rings is 1. The van der Waals surface area contributed by atoms with Crippen LogP contribution in [0.15, 0.2) is 9.72 Å². The Hall–Kier alpha value is -0.590. The molecular weight excluding hydrogens is 208 g/mol. The molecule has 1 aromatic heterocycles. The SMILES string of the molecule is COCCNC(=O)c1ncsc1S. The molecule has 4 nitrogen and oxygen atoms in total. The predicted molar refractivity (Wildman–Crippen MR) is 53.6 cm³/mol. The van der Waals surface area contributed by atoms with Gasteiger partial charge in [0.2, 0.25) is 0 Å². The van der Waals surface area contributed by atoms with E-state index in [1.54, 1.807) is 12.6 Å². The van der Waals surface area contributed by atoms with Crippen molar-refractivity contribution in [2.75, 3.05) is 20.3 Å². The van der Waals surface area contributed by atoms with Gasteiger partial charge in [0.25, 0.3) is 5.91 Å². The van der Waals surface area contributed by atoms with Crippen molar-refractivity contribution in [1.29, 1.82) is 0 Å². The Balaban J connectivity index is 2.45. The van der Waals surface area contributed by atoms with Gasteiger partial charge < -0.3 is 10.1 Å². The third-order valence-electron chi connectivity index (χ3n) is 1.36. The Morgan fingerprint density at radius 3 is 3.15 bits per heavy atom. The number of aromatic nitrogens is 1. The van der Waals surface area contributed by atoms with Crippen molar-refractivity contribution in [3.63, 3.8) is 0 Å². The molecule has 0 atom stereocenters. The van der Waals surface area contributed by atoms with Crippen molar-refractivity contribution >= 4 is 29.9 Å². The highest BCUT2D eigenvalue weighted by atomic mass is 32.2. The first-order chi connectivity index (χ1) is 6.25. The normalized spacial score (nSPS) is 10.0. The number of nitrogens with zero attached hydrogens (tertiary/aromatic N) is 1. The van der Waals surface area contributed by atoms with Crippen molar-refractivity contribution in [2.24, 2.45) is 0 Å². The molecule has 1 aromatic rings. The van der Waals surface area contributed by atoms with Gasteiger partial charge >= 0.3 is 0 Å². The van der Waals surface area contributed by atoms with E-state index in [1.165, 1.54) is 11.3 Å². The number of hydrogen-bond acceptors (Lipinski definition) is 5. The molecule has 0 unspecified atom stereocenters. The number of hydrogen-bond donors (Lipinski definition) is 2. The zero-order valence-corrected chi connectivity index (χ0v) is 8.82. The number of amides is 1. The standard InChI is InChI=1S/C7H10N2O2S2/c1-11-3-2-8-6(10)5-7(12)13-4-9-5/h4,12H,2-3H2,1H3,(H,8,10). The predicted octanol–water partition coefficient (Wildman–Crippen LogP) is 0.808. The van der Waals surface area contributed by atoms with Gasteiger partial charge in [-0.3, -0.25) is 4.79 Å². The van der Waals surface area contributed by atoms with Gasteiger partial charge in [0.05, 0.1) is 16.3 Å². The average molecular weight is 218 g/mol. The molecule has 6 heteroatoms. The summed E-state index contributed by atoms with van der Waals surface area (Å²) >= 11 is 5.43. The molecule has 0 saturated heterocycles. The summed E-state index contributed by atoms with van der Waals surface area (Å²) in [5, 5.41) is 2.66. The van der Waals surface area contributed by atoms with Gasteiger partial charge in [0.15, 0.2) is 5.69 Å². The molecule has 0 radical (unpaired) electrons. The van der Waals surface area contributed by atoms with Crippen LogP contribution in [0.3, 0.4) is 0 Å². The molecule has 0 aliphatic carbocycles. The van der Waals surface area contributed by atoms with Crippen molar-refractivity contribution in [3.8, 4) is 0 Å². The first-order valence-corrected chi connectivity index (χ1v) is 4.98. The lowest BCUT2D eigenvalue weighted by Crippen LogP contribution is -2.27. The van der Waals surface area contributed by atoms with Crippen molar-refractivity contribution in [1.82, 2.24) is 10.3 Å². The van der Waals surface area contributed by atoms with Gasteiger partial charge in [0.1, 0.15) is 0 Å². The summed E-state index contributed by atoms with van der Waals surface area (Å²) in [5.41, 5.74) is 1.97. The van der Waals surface area contributed by atoms with Crippen LogP contribution in [0.1, 0.15) is 10.5 Å². The molecule has 0 saturated carbocycles. The van der Waals surface area contributed by atoms with Crippen LogP contribution < -0.4 is 5.32 Å². The third kappa shape index (κ3) is 2.98. The Labute approximate surface area is 85.7 Å². The fourth-order valence-corrected chi connectivity index (χ4v) is 1.56. The van der Waals surface area contributed by atoms with Crippen molar-refractivity contribution in [3.05, 3.63) is 11.2 Å². The van der Waals surface area contributed by atoms with Crippen LogP contribution in [0.4, 0.5) is 0 Å². The number of thiol groups is 1. The lowest BCUT2D eigenvalue weighted by atomic mass is 10.4. The van der Waals surface area contributed by atoms with Gasteiger partial charge in [-0.25, -0.2) is 4.98 Å². The topological polar surface area (TPSA) is 51.2 Å². The molecule has 1 rings (SSSR count). The monoisotopic (exact) mass is 218 g/mol. The maximum atomic E-state index is 11.3. The molecule has 0 fully saturated rings. The van der Waals surface area contributed by atoms with Gasteiger partial charge in [-0.15, -0.1) is 24.0 Å². The first-order valence-electron chi connectivity index (χ1n) is 3.65. The largest absolute Gasteiger partial charge is 0.383 e. The molecule has 1 heterocycles. The minimum absolute atomic E-state index is 0.205. The van der Waals surface area contributed by atoms with Gasteiger partial charge in [-0.05, 0) is 0 Å². The lowest BCUT2D eigenvalue weighted by molar-refractivity contribution is 0.0930. The average Bonchev–Trinajstić information content (AvgIpc) is 2.52. The smallest absolute Gasteiger partial charge is 0.272 e. The minimum atomic E-state index is -0.205. The molecule has 1 amide bonds. The Kier molecular flexibility index (Phi) is 4.20. The number of carbonyl (C=O) groups is 1. The molecular formula is C7H10N2O2S2. The number of rotatable bonds is 4. The van der Waals surface area contributed by atoms with E-state index >= 15 is 0 Å². The minimum Gasteiger partial charge on any atom is -0.383 e. The van der Waals surface area contributed by atoms with Crippen LogP contribution in [0, 0.1) is 0 Å². The molecule has 13 heavy (non-hydrogen) atoms. The molecule has 0 aliphatic heterocycles.